The number of piperazine rings is 1. The van der Waals surface area contributed by atoms with Gasteiger partial charge in [-0.25, -0.2) is 19.9 Å². The summed E-state index contributed by atoms with van der Waals surface area (Å²) in [5, 5.41) is 22.3. The first-order valence-electron chi connectivity index (χ1n) is 14.3. The highest BCUT2D eigenvalue weighted by Gasteiger charge is 2.28. The zero-order valence-corrected chi connectivity index (χ0v) is 24.2. The molecule has 3 aromatic heterocycles. The summed E-state index contributed by atoms with van der Waals surface area (Å²) < 4.78 is 7.76. The molecule has 2 atom stereocenters. The van der Waals surface area contributed by atoms with E-state index in [1.54, 1.807) is 25.5 Å². The molecule has 220 valence electrons. The van der Waals surface area contributed by atoms with Crippen molar-refractivity contribution in [1.29, 1.82) is 0 Å². The number of hydrogen-bond donors (Lipinski definition) is 3. The molecule has 0 aliphatic carbocycles. The SMILES string of the molecule is Cc1ccc([C@@](C)(O)c2cnc(N3CCN(c4ncnc(Nc5cnn(C[C@@H]6CNCCO6)c5C)n4)CC3)nc2)cc1. The Bertz CT molecular complexity index is 1480. The van der Waals surface area contributed by atoms with Gasteiger partial charge < -0.3 is 30.3 Å². The van der Waals surface area contributed by atoms with Gasteiger partial charge in [-0.15, -0.1) is 0 Å². The Morgan fingerprint density at radius 3 is 2.36 bits per heavy atom. The summed E-state index contributed by atoms with van der Waals surface area (Å²) in [6, 6.07) is 7.85. The summed E-state index contributed by atoms with van der Waals surface area (Å²) in [4.78, 5) is 26.8. The van der Waals surface area contributed by atoms with Crippen molar-refractivity contribution in [3.8, 4) is 0 Å². The predicted octanol–water partition coefficient (Wildman–Crippen LogP) is 1.79. The third-order valence-electron chi connectivity index (χ3n) is 7.95. The van der Waals surface area contributed by atoms with E-state index in [0.29, 0.717) is 56.1 Å². The number of benzene rings is 1. The third kappa shape index (κ3) is 6.03. The molecule has 13 nitrogen and oxygen atoms in total. The van der Waals surface area contributed by atoms with Crippen LogP contribution in [0.2, 0.25) is 0 Å². The smallest absolute Gasteiger partial charge is 0.232 e. The second kappa shape index (κ2) is 12.0. The maximum Gasteiger partial charge on any atom is 0.232 e. The van der Waals surface area contributed by atoms with E-state index < -0.39 is 5.60 Å². The van der Waals surface area contributed by atoms with Gasteiger partial charge in [-0.05, 0) is 26.3 Å². The summed E-state index contributed by atoms with van der Waals surface area (Å²) >= 11 is 0. The van der Waals surface area contributed by atoms with Crippen LogP contribution in [0.5, 0.6) is 0 Å². The summed E-state index contributed by atoms with van der Waals surface area (Å²) in [5.41, 5.74) is 3.27. The highest BCUT2D eigenvalue weighted by molar-refractivity contribution is 5.56. The Hall–Kier alpha value is -4.20. The molecule has 0 amide bonds. The number of aromatic nitrogens is 7. The van der Waals surface area contributed by atoms with Crippen molar-refractivity contribution in [3.05, 3.63) is 71.6 Å². The van der Waals surface area contributed by atoms with Crippen LogP contribution in [0.4, 0.5) is 23.5 Å². The van der Waals surface area contributed by atoms with E-state index in [9.17, 15) is 5.11 Å². The van der Waals surface area contributed by atoms with Crippen molar-refractivity contribution in [2.45, 2.75) is 39.0 Å². The highest BCUT2D eigenvalue weighted by Crippen LogP contribution is 2.29. The van der Waals surface area contributed by atoms with E-state index in [2.05, 4.69) is 50.5 Å². The average Bonchev–Trinajstić information content (AvgIpc) is 3.36. The Morgan fingerprint density at radius 2 is 1.67 bits per heavy atom. The summed E-state index contributed by atoms with van der Waals surface area (Å²) in [5.74, 6) is 1.72. The van der Waals surface area contributed by atoms with Crippen LogP contribution in [0, 0.1) is 13.8 Å². The van der Waals surface area contributed by atoms with Gasteiger partial charge in [0, 0.05) is 57.2 Å². The first-order chi connectivity index (χ1) is 20.4. The van der Waals surface area contributed by atoms with Crippen LogP contribution >= 0.6 is 0 Å². The number of nitrogens with one attached hydrogen (secondary N) is 2. The van der Waals surface area contributed by atoms with Crippen molar-refractivity contribution in [2.75, 3.05) is 61.0 Å². The number of aryl methyl sites for hydroxylation is 1. The fourth-order valence-electron chi connectivity index (χ4n) is 5.19. The van der Waals surface area contributed by atoms with E-state index >= 15 is 0 Å². The maximum absolute atomic E-state index is 11.2. The Kier molecular flexibility index (Phi) is 7.96. The first kappa shape index (κ1) is 27.9. The van der Waals surface area contributed by atoms with Crippen molar-refractivity contribution < 1.29 is 9.84 Å². The molecule has 6 rings (SSSR count). The Balaban J connectivity index is 1.06. The fraction of sp³-hybridized carbons (Fsp3) is 0.448. The van der Waals surface area contributed by atoms with Gasteiger partial charge in [0.15, 0.2) is 0 Å². The molecule has 0 saturated carbocycles. The topological polar surface area (TPSA) is 142 Å². The zero-order chi connectivity index (χ0) is 29.1. The second-order valence-electron chi connectivity index (χ2n) is 10.9. The van der Waals surface area contributed by atoms with Gasteiger partial charge in [0.1, 0.15) is 11.9 Å². The Morgan fingerprint density at radius 1 is 0.952 bits per heavy atom. The first-order valence-corrected chi connectivity index (χ1v) is 14.3. The fourth-order valence-corrected chi connectivity index (χ4v) is 5.19. The molecule has 0 spiro atoms. The molecule has 2 fully saturated rings. The lowest BCUT2D eigenvalue weighted by atomic mass is 9.90. The average molecular weight is 572 g/mol. The zero-order valence-electron chi connectivity index (χ0n) is 24.2. The molecule has 2 saturated heterocycles. The number of anilines is 4. The number of hydrogen-bond acceptors (Lipinski definition) is 12. The van der Waals surface area contributed by atoms with Crippen LogP contribution in [0.15, 0.2) is 49.2 Å². The molecule has 3 N–H and O–H groups in total. The van der Waals surface area contributed by atoms with E-state index in [1.807, 2.05) is 42.8 Å². The van der Waals surface area contributed by atoms with Gasteiger partial charge in [-0.3, -0.25) is 4.68 Å². The lowest BCUT2D eigenvalue weighted by Gasteiger charge is -2.34. The minimum atomic E-state index is -1.17. The van der Waals surface area contributed by atoms with Gasteiger partial charge >= 0.3 is 0 Å². The lowest BCUT2D eigenvalue weighted by Crippen LogP contribution is -2.47. The van der Waals surface area contributed by atoms with Crippen molar-refractivity contribution in [1.82, 2.24) is 40.0 Å². The number of morpholine rings is 1. The van der Waals surface area contributed by atoms with E-state index in [1.165, 1.54) is 6.33 Å². The minimum Gasteiger partial charge on any atom is -0.381 e. The molecule has 4 aromatic rings. The van der Waals surface area contributed by atoms with Crippen LogP contribution < -0.4 is 20.4 Å². The molecule has 0 radical (unpaired) electrons. The van der Waals surface area contributed by atoms with Crippen LogP contribution in [0.3, 0.4) is 0 Å². The van der Waals surface area contributed by atoms with Gasteiger partial charge in [0.05, 0.1) is 36.8 Å². The number of ether oxygens (including phenoxy) is 1. The Labute approximate surface area is 245 Å². The monoisotopic (exact) mass is 571 g/mol. The quantitative estimate of drug-likeness (QED) is 0.284. The molecule has 5 heterocycles. The van der Waals surface area contributed by atoms with Crippen LogP contribution in [0.25, 0.3) is 0 Å². The number of nitrogens with zero attached hydrogens (tertiary/aromatic N) is 9. The molecular weight excluding hydrogens is 534 g/mol. The standard InChI is InChI=1S/C29H37N11O2/c1-20-4-6-22(7-5-20)29(3,41)23-14-31-27(32-15-23)38-9-11-39(12-10-38)28-34-19-33-26(37-28)36-25-17-35-40(21(25)2)18-24-16-30-8-13-42-24/h4-7,14-15,17,19,24,30,41H,8-13,16,18H2,1-3H3,(H,33,34,36,37)/t24-,29+/m0/s1. The number of aliphatic hydroxyl groups is 1. The molecule has 0 bridgehead atoms. The van der Waals surface area contributed by atoms with Gasteiger partial charge in [-0.2, -0.15) is 10.1 Å². The highest BCUT2D eigenvalue weighted by atomic mass is 16.5. The summed E-state index contributed by atoms with van der Waals surface area (Å²) in [6.45, 7) is 11.8. The molecular formula is C29H37N11O2. The van der Waals surface area contributed by atoms with Gasteiger partial charge in [0.25, 0.3) is 0 Å². The lowest BCUT2D eigenvalue weighted by molar-refractivity contribution is 0.0158. The molecule has 0 unspecified atom stereocenters. The number of rotatable bonds is 8. The molecule has 2 aliphatic rings. The van der Waals surface area contributed by atoms with Crippen molar-refractivity contribution in [2.24, 2.45) is 0 Å². The predicted molar refractivity (Wildman–Crippen MR) is 159 cm³/mol. The van der Waals surface area contributed by atoms with Gasteiger partial charge in [0.2, 0.25) is 17.8 Å². The molecule has 2 aliphatic heterocycles. The summed E-state index contributed by atoms with van der Waals surface area (Å²) in [6.07, 6.45) is 6.84. The molecule has 13 heteroatoms. The normalized spacial score (nSPS) is 19.0. The summed E-state index contributed by atoms with van der Waals surface area (Å²) in [7, 11) is 0. The molecule has 1 aromatic carbocycles. The molecule has 42 heavy (non-hydrogen) atoms. The third-order valence-corrected chi connectivity index (χ3v) is 7.95. The van der Waals surface area contributed by atoms with E-state index in [0.717, 1.165) is 42.2 Å². The second-order valence-corrected chi connectivity index (χ2v) is 10.9. The van der Waals surface area contributed by atoms with Crippen LogP contribution in [-0.2, 0) is 16.9 Å². The van der Waals surface area contributed by atoms with Crippen LogP contribution in [0.1, 0.15) is 29.3 Å². The van der Waals surface area contributed by atoms with Crippen molar-refractivity contribution >= 4 is 23.5 Å². The minimum absolute atomic E-state index is 0.101. The van der Waals surface area contributed by atoms with E-state index in [4.69, 9.17) is 4.74 Å². The largest absolute Gasteiger partial charge is 0.381 e. The van der Waals surface area contributed by atoms with Gasteiger partial charge in [-0.1, -0.05) is 29.8 Å². The van der Waals surface area contributed by atoms with Crippen LogP contribution in [-0.4, -0.2) is 91.8 Å². The maximum atomic E-state index is 11.2. The van der Waals surface area contributed by atoms with E-state index in [-0.39, 0.29) is 6.10 Å². The van der Waals surface area contributed by atoms with Crippen molar-refractivity contribution in [3.63, 3.8) is 0 Å².